The summed E-state index contributed by atoms with van der Waals surface area (Å²) in [6.07, 6.45) is 54.6. The molecule has 1 atom stereocenters. The van der Waals surface area contributed by atoms with Gasteiger partial charge in [-0.15, -0.1) is 0 Å². The molecule has 0 saturated heterocycles. The van der Waals surface area contributed by atoms with Crippen molar-refractivity contribution < 1.29 is 23.8 Å². The molecule has 0 aromatic carbocycles. The minimum atomic E-state index is -0.570. The molecular formula is C47H78O5. The van der Waals surface area contributed by atoms with Gasteiger partial charge in [0.05, 0.1) is 6.61 Å². The van der Waals surface area contributed by atoms with Gasteiger partial charge in [-0.05, 0) is 77.0 Å². The summed E-state index contributed by atoms with van der Waals surface area (Å²) in [6, 6.07) is 0. The molecule has 296 valence electrons. The number of unbranched alkanes of at least 4 members (excludes halogenated alkanes) is 12. The monoisotopic (exact) mass is 723 g/mol. The third-order valence-corrected chi connectivity index (χ3v) is 8.44. The van der Waals surface area contributed by atoms with Crippen LogP contribution in [0.1, 0.15) is 175 Å². The molecule has 52 heavy (non-hydrogen) atoms. The minimum absolute atomic E-state index is 0.0385. The number of hydrogen-bond donors (Lipinski definition) is 0. The Balaban J connectivity index is 4.30. The number of allylic oxidation sites excluding steroid dienone is 14. The van der Waals surface area contributed by atoms with E-state index < -0.39 is 6.10 Å². The van der Waals surface area contributed by atoms with Crippen LogP contribution in [0.25, 0.3) is 0 Å². The van der Waals surface area contributed by atoms with Crippen molar-refractivity contribution in [1.29, 1.82) is 0 Å². The second kappa shape index (κ2) is 42.5. The molecule has 0 heterocycles. The van der Waals surface area contributed by atoms with Crippen molar-refractivity contribution in [1.82, 2.24) is 0 Å². The Kier molecular flexibility index (Phi) is 40.1. The normalized spacial score (nSPS) is 13.1. The molecule has 0 bridgehead atoms. The molecule has 5 heteroatoms. The van der Waals surface area contributed by atoms with Gasteiger partial charge in [0, 0.05) is 19.4 Å². The van der Waals surface area contributed by atoms with Gasteiger partial charge >= 0.3 is 11.9 Å². The Labute approximate surface area is 320 Å². The van der Waals surface area contributed by atoms with Crippen LogP contribution in [0.2, 0.25) is 0 Å². The van der Waals surface area contributed by atoms with E-state index in [1.807, 2.05) is 6.08 Å². The Morgan fingerprint density at radius 3 is 1.46 bits per heavy atom. The first-order chi connectivity index (χ1) is 25.6. The summed E-state index contributed by atoms with van der Waals surface area (Å²) < 4.78 is 17.1. The van der Waals surface area contributed by atoms with E-state index in [1.54, 1.807) is 0 Å². The predicted molar refractivity (Wildman–Crippen MR) is 223 cm³/mol. The highest BCUT2D eigenvalue weighted by atomic mass is 16.6. The van der Waals surface area contributed by atoms with Gasteiger partial charge in [-0.3, -0.25) is 9.59 Å². The molecule has 0 aromatic rings. The molecule has 0 spiro atoms. The van der Waals surface area contributed by atoms with Gasteiger partial charge in [-0.2, -0.15) is 0 Å². The summed E-state index contributed by atoms with van der Waals surface area (Å²) >= 11 is 0. The van der Waals surface area contributed by atoms with Crippen molar-refractivity contribution in [3.63, 3.8) is 0 Å². The molecule has 0 amide bonds. The van der Waals surface area contributed by atoms with Crippen molar-refractivity contribution in [2.75, 3.05) is 19.8 Å². The van der Waals surface area contributed by atoms with Crippen LogP contribution in [0.4, 0.5) is 0 Å². The van der Waals surface area contributed by atoms with Crippen molar-refractivity contribution in [2.24, 2.45) is 0 Å². The Bertz CT molecular complexity index is 999. The van der Waals surface area contributed by atoms with E-state index in [4.69, 9.17) is 14.2 Å². The van der Waals surface area contributed by atoms with E-state index in [0.717, 1.165) is 83.5 Å². The van der Waals surface area contributed by atoms with Gasteiger partial charge in [0.2, 0.25) is 0 Å². The molecule has 0 aliphatic carbocycles. The average Bonchev–Trinajstić information content (AvgIpc) is 3.14. The van der Waals surface area contributed by atoms with Crippen LogP contribution in [0.15, 0.2) is 85.1 Å². The molecule has 0 rings (SSSR count). The molecule has 0 saturated carbocycles. The van der Waals surface area contributed by atoms with Gasteiger partial charge < -0.3 is 14.2 Å². The van der Waals surface area contributed by atoms with E-state index in [2.05, 4.69) is 99.8 Å². The van der Waals surface area contributed by atoms with Gasteiger partial charge in [0.25, 0.3) is 0 Å². The number of ether oxygens (including phenoxy) is 3. The largest absolute Gasteiger partial charge is 0.462 e. The van der Waals surface area contributed by atoms with Gasteiger partial charge in [-0.1, -0.05) is 170 Å². The topological polar surface area (TPSA) is 61.8 Å². The Morgan fingerprint density at radius 1 is 0.442 bits per heavy atom. The number of hydrogen-bond acceptors (Lipinski definition) is 5. The summed E-state index contributed by atoms with van der Waals surface area (Å²) in [5.74, 6) is -0.512. The van der Waals surface area contributed by atoms with Crippen LogP contribution in [0.3, 0.4) is 0 Å². The minimum Gasteiger partial charge on any atom is -0.462 e. The molecule has 0 aliphatic rings. The second-order valence-electron chi connectivity index (χ2n) is 13.5. The molecular weight excluding hydrogens is 645 g/mol. The van der Waals surface area contributed by atoms with Crippen LogP contribution in [-0.4, -0.2) is 37.9 Å². The molecule has 0 aromatic heterocycles. The maximum absolute atomic E-state index is 12.6. The number of esters is 2. The van der Waals surface area contributed by atoms with E-state index in [-0.39, 0.29) is 25.2 Å². The summed E-state index contributed by atoms with van der Waals surface area (Å²) in [6.45, 7) is 7.43. The van der Waals surface area contributed by atoms with Crippen LogP contribution in [-0.2, 0) is 23.8 Å². The zero-order valence-corrected chi connectivity index (χ0v) is 33.8. The highest BCUT2D eigenvalue weighted by molar-refractivity contribution is 5.70. The maximum atomic E-state index is 12.6. The molecule has 0 radical (unpaired) electrons. The quantitative estimate of drug-likeness (QED) is 0.0363. The fraction of sp³-hybridized carbons (Fsp3) is 0.660. The van der Waals surface area contributed by atoms with Crippen molar-refractivity contribution in [2.45, 2.75) is 181 Å². The van der Waals surface area contributed by atoms with Crippen molar-refractivity contribution >= 4 is 11.9 Å². The zero-order valence-electron chi connectivity index (χ0n) is 33.8. The number of carbonyl (C=O) groups is 2. The van der Waals surface area contributed by atoms with E-state index in [9.17, 15) is 9.59 Å². The lowest BCUT2D eigenvalue weighted by Gasteiger charge is -2.18. The number of rotatable bonds is 37. The second-order valence-corrected chi connectivity index (χ2v) is 13.5. The first-order valence-corrected chi connectivity index (χ1v) is 21.1. The molecule has 0 fully saturated rings. The summed E-state index contributed by atoms with van der Waals surface area (Å²) in [7, 11) is 0. The lowest BCUT2D eigenvalue weighted by Crippen LogP contribution is -2.30. The Hall–Kier alpha value is -2.92. The molecule has 0 N–H and O–H groups in total. The van der Waals surface area contributed by atoms with Crippen molar-refractivity contribution in [3.8, 4) is 0 Å². The van der Waals surface area contributed by atoms with Crippen molar-refractivity contribution in [3.05, 3.63) is 85.1 Å². The molecule has 1 unspecified atom stereocenters. The highest BCUT2D eigenvalue weighted by Gasteiger charge is 2.17. The van der Waals surface area contributed by atoms with E-state index >= 15 is 0 Å². The first-order valence-electron chi connectivity index (χ1n) is 21.1. The third-order valence-electron chi connectivity index (χ3n) is 8.44. The fourth-order valence-corrected chi connectivity index (χ4v) is 5.36. The smallest absolute Gasteiger partial charge is 0.306 e. The summed E-state index contributed by atoms with van der Waals surface area (Å²) in [5, 5.41) is 0. The maximum Gasteiger partial charge on any atom is 0.306 e. The van der Waals surface area contributed by atoms with Gasteiger partial charge in [0.15, 0.2) is 6.10 Å². The van der Waals surface area contributed by atoms with E-state index in [0.29, 0.717) is 25.9 Å². The SMILES string of the molecule is CC/C=C\C/C=C\C/C=C\C/C=C\CCC(=O)OCC(COCCCCCCCC/C=C\C/C=C\C/C=C\CC)OC(=O)CCCCCCCCC. The highest BCUT2D eigenvalue weighted by Crippen LogP contribution is 2.11. The average molecular weight is 723 g/mol. The van der Waals surface area contributed by atoms with Crippen LogP contribution >= 0.6 is 0 Å². The van der Waals surface area contributed by atoms with Gasteiger partial charge in [-0.25, -0.2) is 0 Å². The fourth-order valence-electron chi connectivity index (χ4n) is 5.36. The lowest BCUT2D eigenvalue weighted by molar-refractivity contribution is -0.162. The predicted octanol–water partition coefficient (Wildman–Crippen LogP) is 13.8. The number of carbonyl (C=O) groups excluding carboxylic acids is 2. The lowest BCUT2D eigenvalue weighted by atomic mass is 10.1. The third kappa shape index (κ3) is 39.9. The molecule has 5 nitrogen and oxygen atoms in total. The van der Waals surface area contributed by atoms with Gasteiger partial charge in [0.1, 0.15) is 6.61 Å². The molecule has 0 aliphatic heterocycles. The first kappa shape index (κ1) is 49.1. The van der Waals surface area contributed by atoms with Crippen LogP contribution in [0, 0.1) is 0 Å². The standard InChI is InChI=1S/C47H78O5/c1-4-7-10-13-16-18-20-22-23-24-26-28-30-33-36-39-42-50-43-45(52-47(49)41-38-35-31-15-12-9-6-3)44-51-46(48)40-37-34-32-29-27-25-21-19-17-14-11-8-5-2/h7-8,10-11,16-19,22-23,25,27,32,34,45H,4-6,9,12-15,20-21,24,26,28-31,33,35-44H2,1-3H3/b10-7-,11-8-,18-16-,19-17-,23-22-,27-25-,34-32-. The zero-order chi connectivity index (χ0) is 37.8. The summed E-state index contributed by atoms with van der Waals surface area (Å²) in [4.78, 5) is 25.0. The summed E-state index contributed by atoms with van der Waals surface area (Å²) in [5.41, 5.74) is 0. The van der Waals surface area contributed by atoms with Crippen LogP contribution < -0.4 is 0 Å². The van der Waals surface area contributed by atoms with Crippen LogP contribution in [0.5, 0.6) is 0 Å². The Morgan fingerprint density at radius 2 is 0.904 bits per heavy atom. The van der Waals surface area contributed by atoms with E-state index in [1.165, 1.54) is 51.4 Å².